The molecule has 1 aliphatic rings. The molecule has 0 unspecified atom stereocenters. The van der Waals surface area contributed by atoms with Crippen molar-refractivity contribution in [1.82, 2.24) is 14.5 Å². The molecule has 2 amide bonds. The summed E-state index contributed by atoms with van der Waals surface area (Å²) in [5, 5.41) is 3.09. The summed E-state index contributed by atoms with van der Waals surface area (Å²) < 4.78 is 26.7. The van der Waals surface area contributed by atoms with Crippen LogP contribution in [0.3, 0.4) is 0 Å². The number of amides is 2. The molecule has 0 aliphatic heterocycles. The van der Waals surface area contributed by atoms with Crippen molar-refractivity contribution in [3.8, 4) is 0 Å². The van der Waals surface area contributed by atoms with Crippen molar-refractivity contribution in [2.75, 3.05) is 13.6 Å². The Morgan fingerprint density at radius 2 is 1.59 bits per heavy atom. The number of benzene rings is 2. The first kappa shape index (κ1) is 25.9. The maximum Gasteiger partial charge on any atom is 0.242 e. The summed E-state index contributed by atoms with van der Waals surface area (Å²) in [6.45, 7) is 2.30. The van der Waals surface area contributed by atoms with Crippen molar-refractivity contribution in [2.24, 2.45) is 0 Å². The fourth-order valence-electron chi connectivity index (χ4n) is 4.24. The summed E-state index contributed by atoms with van der Waals surface area (Å²) in [7, 11) is -2.08. The van der Waals surface area contributed by atoms with Crippen molar-refractivity contribution in [3.05, 3.63) is 66.2 Å². The molecule has 0 heterocycles. The van der Waals surface area contributed by atoms with E-state index in [0.29, 0.717) is 13.0 Å². The average Bonchev–Trinajstić information content (AvgIpc) is 3.36. The Kier molecular flexibility index (Phi) is 9.24. The van der Waals surface area contributed by atoms with Crippen LogP contribution < -0.4 is 5.32 Å². The van der Waals surface area contributed by atoms with Crippen LogP contribution >= 0.6 is 0 Å². The van der Waals surface area contributed by atoms with Gasteiger partial charge in [0.05, 0.1) is 4.90 Å². The molecule has 1 saturated carbocycles. The molecule has 1 fully saturated rings. The highest BCUT2D eigenvalue weighted by atomic mass is 32.2. The number of hydrogen-bond acceptors (Lipinski definition) is 4. The Bertz CT molecular complexity index is 1040. The van der Waals surface area contributed by atoms with Crippen LogP contribution in [0.5, 0.6) is 0 Å². The van der Waals surface area contributed by atoms with E-state index in [1.165, 1.54) is 11.4 Å². The lowest BCUT2D eigenvalue weighted by Crippen LogP contribution is -2.49. The first-order valence-corrected chi connectivity index (χ1v) is 13.4. The van der Waals surface area contributed by atoms with Gasteiger partial charge in [0.2, 0.25) is 21.8 Å². The van der Waals surface area contributed by atoms with Crippen molar-refractivity contribution in [1.29, 1.82) is 0 Å². The lowest BCUT2D eigenvalue weighted by Gasteiger charge is -2.30. The molecule has 0 spiro atoms. The molecule has 8 heteroatoms. The van der Waals surface area contributed by atoms with Crippen LogP contribution in [0.4, 0.5) is 0 Å². The van der Waals surface area contributed by atoms with Gasteiger partial charge < -0.3 is 10.2 Å². The SMILES string of the molecule is C[C@H](C(=O)NC1CCCC1)N(Cc1ccccc1)C(=O)CCCN(C)S(=O)(=O)c1ccccc1. The van der Waals surface area contributed by atoms with Gasteiger partial charge in [-0.15, -0.1) is 0 Å². The smallest absolute Gasteiger partial charge is 0.242 e. The number of nitrogens with one attached hydrogen (secondary N) is 1. The molecule has 1 aliphatic carbocycles. The van der Waals surface area contributed by atoms with Crippen LogP contribution in [0.15, 0.2) is 65.6 Å². The van der Waals surface area contributed by atoms with Crippen molar-refractivity contribution >= 4 is 21.8 Å². The lowest BCUT2D eigenvalue weighted by atomic mass is 10.1. The molecule has 1 N–H and O–H groups in total. The van der Waals surface area contributed by atoms with Crippen LogP contribution in [0.1, 0.15) is 51.0 Å². The van der Waals surface area contributed by atoms with Gasteiger partial charge in [-0.3, -0.25) is 9.59 Å². The van der Waals surface area contributed by atoms with Crippen LogP contribution in [-0.4, -0.2) is 55.1 Å². The van der Waals surface area contributed by atoms with Crippen molar-refractivity contribution in [3.63, 3.8) is 0 Å². The minimum atomic E-state index is -3.60. The third kappa shape index (κ3) is 6.90. The first-order valence-electron chi connectivity index (χ1n) is 11.9. The molecular formula is C26H35N3O4S. The standard InChI is InChI=1S/C26H35N3O4S/c1-21(26(31)27-23-14-9-10-15-23)29(20-22-12-5-3-6-13-22)25(30)18-11-19-28(2)34(32,33)24-16-7-4-8-17-24/h3-8,12-13,16-17,21,23H,9-11,14-15,18-20H2,1-2H3,(H,27,31)/t21-/m1/s1. The number of carbonyl (C=O) groups excluding carboxylic acids is 2. The van der Waals surface area contributed by atoms with E-state index in [-0.39, 0.29) is 35.7 Å². The molecule has 34 heavy (non-hydrogen) atoms. The number of hydrogen-bond donors (Lipinski definition) is 1. The van der Waals surface area contributed by atoms with E-state index in [2.05, 4.69) is 5.32 Å². The number of nitrogens with zero attached hydrogens (tertiary/aromatic N) is 2. The van der Waals surface area contributed by atoms with Gasteiger partial charge in [0, 0.05) is 32.6 Å². The summed E-state index contributed by atoms with van der Waals surface area (Å²) in [4.78, 5) is 28.0. The Morgan fingerprint density at radius 3 is 2.21 bits per heavy atom. The normalized spacial score (nSPS) is 15.3. The zero-order valence-electron chi connectivity index (χ0n) is 20.0. The van der Waals surface area contributed by atoms with Crippen LogP contribution in [0, 0.1) is 0 Å². The Balaban J connectivity index is 1.62. The quantitative estimate of drug-likeness (QED) is 0.527. The molecule has 0 aromatic heterocycles. The summed E-state index contributed by atoms with van der Waals surface area (Å²) in [5.41, 5.74) is 0.945. The summed E-state index contributed by atoms with van der Waals surface area (Å²) in [5.74, 6) is -0.302. The van der Waals surface area contributed by atoms with E-state index >= 15 is 0 Å². The van der Waals surface area contributed by atoms with E-state index in [0.717, 1.165) is 31.2 Å². The van der Waals surface area contributed by atoms with Gasteiger partial charge in [-0.1, -0.05) is 61.4 Å². The predicted molar refractivity (Wildman–Crippen MR) is 132 cm³/mol. The number of sulfonamides is 1. The zero-order valence-corrected chi connectivity index (χ0v) is 20.8. The van der Waals surface area contributed by atoms with Gasteiger partial charge in [-0.25, -0.2) is 12.7 Å². The van der Waals surface area contributed by atoms with Crippen molar-refractivity contribution in [2.45, 2.75) is 69.0 Å². The second-order valence-corrected chi connectivity index (χ2v) is 11.0. The monoisotopic (exact) mass is 485 g/mol. The number of rotatable bonds is 11. The zero-order chi connectivity index (χ0) is 24.6. The van der Waals surface area contributed by atoms with Crippen LogP contribution in [-0.2, 0) is 26.2 Å². The van der Waals surface area contributed by atoms with Crippen LogP contribution in [0.2, 0.25) is 0 Å². The third-order valence-corrected chi connectivity index (χ3v) is 8.25. The highest BCUT2D eigenvalue weighted by Gasteiger charge is 2.28. The highest BCUT2D eigenvalue weighted by Crippen LogP contribution is 2.19. The Hall–Kier alpha value is -2.71. The maximum atomic E-state index is 13.2. The molecule has 0 saturated heterocycles. The van der Waals surface area contributed by atoms with E-state index < -0.39 is 16.1 Å². The largest absolute Gasteiger partial charge is 0.352 e. The van der Waals surface area contributed by atoms with Crippen LogP contribution in [0.25, 0.3) is 0 Å². The predicted octanol–water partition coefficient (Wildman–Crippen LogP) is 3.56. The van der Waals surface area contributed by atoms with E-state index in [1.807, 2.05) is 30.3 Å². The third-order valence-electron chi connectivity index (χ3n) is 6.38. The number of carbonyl (C=O) groups is 2. The molecule has 7 nitrogen and oxygen atoms in total. The molecule has 1 atom stereocenters. The minimum Gasteiger partial charge on any atom is -0.352 e. The van der Waals surface area contributed by atoms with Gasteiger partial charge in [-0.05, 0) is 43.9 Å². The molecule has 3 rings (SSSR count). The topological polar surface area (TPSA) is 86.8 Å². The second kappa shape index (κ2) is 12.1. The fraction of sp³-hybridized carbons (Fsp3) is 0.462. The summed E-state index contributed by atoms with van der Waals surface area (Å²) >= 11 is 0. The molecule has 2 aromatic rings. The second-order valence-electron chi connectivity index (χ2n) is 8.92. The van der Waals surface area contributed by atoms with E-state index in [9.17, 15) is 18.0 Å². The lowest BCUT2D eigenvalue weighted by molar-refractivity contribution is -0.141. The first-order chi connectivity index (χ1) is 16.3. The van der Waals surface area contributed by atoms with E-state index in [4.69, 9.17) is 0 Å². The maximum absolute atomic E-state index is 13.2. The van der Waals surface area contributed by atoms with Gasteiger partial charge in [0.1, 0.15) is 6.04 Å². The highest BCUT2D eigenvalue weighted by molar-refractivity contribution is 7.89. The fourth-order valence-corrected chi connectivity index (χ4v) is 5.47. The summed E-state index contributed by atoms with van der Waals surface area (Å²) in [6.07, 6.45) is 4.71. The molecule has 0 radical (unpaired) electrons. The Labute approximate surface area is 203 Å². The van der Waals surface area contributed by atoms with Gasteiger partial charge in [-0.2, -0.15) is 0 Å². The van der Waals surface area contributed by atoms with Gasteiger partial charge in [0.25, 0.3) is 0 Å². The molecule has 0 bridgehead atoms. The average molecular weight is 486 g/mol. The summed E-state index contributed by atoms with van der Waals surface area (Å²) in [6, 6.07) is 17.4. The van der Waals surface area contributed by atoms with Crippen molar-refractivity contribution < 1.29 is 18.0 Å². The molecule has 184 valence electrons. The van der Waals surface area contributed by atoms with E-state index in [1.54, 1.807) is 42.2 Å². The molecular weight excluding hydrogens is 450 g/mol. The minimum absolute atomic E-state index is 0.139. The van der Waals surface area contributed by atoms with Gasteiger partial charge in [0.15, 0.2) is 0 Å². The molecule has 2 aromatic carbocycles. The Morgan fingerprint density at radius 1 is 1.00 bits per heavy atom. The van der Waals surface area contributed by atoms with Gasteiger partial charge >= 0.3 is 0 Å².